The molecule has 0 aliphatic carbocycles. The molecular formula is C18H19Cl2NO5S. The van der Waals surface area contributed by atoms with Crippen LogP contribution < -0.4 is 9.04 Å². The van der Waals surface area contributed by atoms with Gasteiger partial charge in [-0.15, -0.1) is 0 Å². The van der Waals surface area contributed by atoms with Crippen LogP contribution in [0.1, 0.15) is 24.2 Å². The average molecular weight is 432 g/mol. The van der Waals surface area contributed by atoms with Crippen LogP contribution >= 0.6 is 23.2 Å². The molecule has 0 spiro atoms. The molecule has 0 radical (unpaired) electrons. The molecule has 146 valence electrons. The van der Waals surface area contributed by atoms with Crippen LogP contribution in [-0.4, -0.2) is 34.6 Å². The summed E-state index contributed by atoms with van der Waals surface area (Å²) in [5.41, 5.74) is 0.491. The van der Waals surface area contributed by atoms with E-state index in [1.165, 1.54) is 47.8 Å². The lowest BCUT2D eigenvalue weighted by molar-refractivity contribution is 0.0526. The Morgan fingerprint density at radius 2 is 1.78 bits per heavy atom. The number of hydrogen-bond acceptors (Lipinski definition) is 5. The standard InChI is InChI=1S/C18H19Cl2NO5S/c1-4-21(12-6-8-14(15(19)10-12)18(22)26-5-2)27(23,24)13-7-9-17(25-3)16(20)11-13/h6-11H,4-5H2,1-3H3. The van der Waals surface area contributed by atoms with Crippen LogP contribution in [0.2, 0.25) is 10.0 Å². The molecule has 0 aromatic heterocycles. The maximum atomic E-state index is 13.0. The van der Waals surface area contributed by atoms with Gasteiger partial charge in [-0.3, -0.25) is 4.31 Å². The molecule has 0 fully saturated rings. The van der Waals surface area contributed by atoms with Crippen LogP contribution in [0.5, 0.6) is 5.75 Å². The van der Waals surface area contributed by atoms with Crippen LogP contribution in [-0.2, 0) is 14.8 Å². The summed E-state index contributed by atoms with van der Waals surface area (Å²) in [7, 11) is -2.45. The van der Waals surface area contributed by atoms with Crippen molar-refractivity contribution in [3.05, 3.63) is 52.0 Å². The second-order valence-corrected chi connectivity index (χ2v) is 8.03. The molecule has 6 nitrogen and oxygen atoms in total. The van der Waals surface area contributed by atoms with Gasteiger partial charge in [0.1, 0.15) is 5.75 Å². The molecule has 0 unspecified atom stereocenters. The number of anilines is 1. The van der Waals surface area contributed by atoms with Gasteiger partial charge in [0.05, 0.1) is 39.9 Å². The normalized spacial score (nSPS) is 11.1. The van der Waals surface area contributed by atoms with Crippen LogP contribution in [0.25, 0.3) is 0 Å². The van der Waals surface area contributed by atoms with Crippen molar-refractivity contribution >= 4 is 44.9 Å². The Kier molecular flexibility index (Phi) is 6.97. The van der Waals surface area contributed by atoms with E-state index in [0.717, 1.165) is 0 Å². The number of benzene rings is 2. The molecule has 0 aliphatic heterocycles. The summed E-state index contributed by atoms with van der Waals surface area (Å²) in [5.74, 6) is -0.192. The maximum Gasteiger partial charge on any atom is 0.339 e. The predicted octanol–water partition coefficient (Wildman–Crippen LogP) is 4.39. The minimum Gasteiger partial charge on any atom is -0.495 e. The molecule has 0 bridgehead atoms. The van der Waals surface area contributed by atoms with Gasteiger partial charge in [-0.2, -0.15) is 0 Å². The molecule has 2 aromatic rings. The molecule has 0 N–H and O–H groups in total. The molecule has 27 heavy (non-hydrogen) atoms. The second kappa shape index (κ2) is 8.82. The summed E-state index contributed by atoms with van der Waals surface area (Å²) in [5, 5.41) is 0.290. The molecule has 2 rings (SSSR count). The number of sulfonamides is 1. The van der Waals surface area contributed by atoms with E-state index in [1.807, 2.05) is 0 Å². The lowest BCUT2D eigenvalue weighted by Crippen LogP contribution is -2.30. The number of ether oxygens (including phenoxy) is 2. The smallest absolute Gasteiger partial charge is 0.339 e. The van der Waals surface area contributed by atoms with Gasteiger partial charge in [0.15, 0.2) is 0 Å². The third-order valence-electron chi connectivity index (χ3n) is 3.73. The first-order valence-electron chi connectivity index (χ1n) is 8.09. The van der Waals surface area contributed by atoms with E-state index in [0.29, 0.717) is 11.4 Å². The lowest BCUT2D eigenvalue weighted by atomic mass is 10.2. The Labute approximate surface area is 168 Å². The largest absolute Gasteiger partial charge is 0.495 e. The van der Waals surface area contributed by atoms with E-state index >= 15 is 0 Å². The van der Waals surface area contributed by atoms with Crippen molar-refractivity contribution < 1.29 is 22.7 Å². The number of halogens is 2. The van der Waals surface area contributed by atoms with Crippen LogP contribution in [0.4, 0.5) is 5.69 Å². The molecule has 0 saturated heterocycles. The summed E-state index contributed by atoms with van der Waals surface area (Å²) in [6.07, 6.45) is 0. The molecule has 9 heteroatoms. The minimum atomic E-state index is -3.89. The number of methoxy groups -OCH3 is 1. The fourth-order valence-corrected chi connectivity index (χ4v) is 4.53. The Morgan fingerprint density at radius 1 is 1.07 bits per heavy atom. The number of rotatable bonds is 7. The third-order valence-corrected chi connectivity index (χ3v) is 6.24. The molecule has 0 heterocycles. The number of esters is 1. The van der Waals surface area contributed by atoms with Crippen LogP contribution in [0.15, 0.2) is 41.3 Å². The number of hydrogen-bond donors (Lipinski definition) is 0. The Hall–Kier alpha value is -1.96. The summed E-state index contributed by atoms with van der Waals surface area (Å²) in [6, 6.07) is 8.59. The van der Waals surface area contributed by atoms with Crippen molar-refractivity contribution in [3.63, 3.8) is 0 Å². The summed E-state index contributed by atoms with van der Waals surface area (Å²) in [4.78, 5) is 11.9. The van der Waals surface area contributed by atoms with Crippen molar-refractivity contribution in [3.8, 4) is 5.75 Å². The fourth-order valence-electron chi connectivity index (χ4n) is 2.46. The summed E-state index contributed by atoms with van der Waals surface area (Å²) >= 11 is 12.2. The zero-order chi connectivity index (χ0) is 20.2. The van der Waals surface area contributed by atoms with Crippen molar-refractivity contribution in [2.45, 2.75) is 18.7 Å². The van der Waals surface area contributed by atoms with Gasteiger partial charge in [-0.1, -0.05) is 23.2 Å². The molecule has 0 amide bonds. The quantitative estimate of drug-likeness (QED) is 0.607. The zero-order valence-corrected chi connectivity index (χ0v) is 17.4. The highest BCUT2D eigenvalue weighted by atomic mass is 35.5. The van der Waals surface area contributed by atoms with E-state index in [-0.39, 0.29) is 33.7 Å². The highest BCUT2D eigenvalue weighted by molar-refractivity contribution is 7.92. The van der Waals surface area contributed by atoms with Gasteiger partial charge < -0.3 is 9.47 Å². The molecule has 0 atom stereocenters. The first kappa shape index (κ1) is 21.3. The molecule has 0 saturated carbocycles. The predicted molar refractivity (Wildman–Crippen MR) is 106 cm³/mol. The molecule has 0 aliphatic rings. The summed E-state index contributed by atoms with van der Waals surface area (Å²) < 4.78 is 37.2. The van der Waals surface area contributed by atoms with Gasteiger partial charge in [0.25, 0.3) is 10.0 Å². The fraction of sp³-hybridized carbons (Fsp3) is 0.278. The van der Waals surface area contributed by atoms with Gasteiger partial charge in [0.2, 0.25) is 0 Å². The lowest BCUT2D eigenvalue weighted by Gasteiger charge is -2.23. The summed E-state index contributed by atoms with van der Waals surface area (Å²) in [6.45, 7) is 3.74. The Bertz CT molecular complexity index is 947. The SMILES string of the molecule is CCOC(=O)c1ccc(N(CC)S(=O)(=O)c2ccc(OC)c(Cl)c2)cc1Cl. The van der Waals surface area contributed by atoms with E-state index in [4.69, 9.17) is 32.7 Å². The van der Waals surface area contributed by atoms with Crippen molar-refractivity contribution in [2.75, 3.05) is 24.6 Å². The topological polar surface area (TPSA) is 72.9 Å². The third kappa shape index (κ3) is 4.48. The van der Waals surface area contributed by atoms with Gasteiger partial charge in [-0.25, -0.2) is 13.2 Å². The van der Waals surface area contributed by atoms with E-state index in [1.54, 1.807) is 13.8 Å². The molecular weight excluding hydrogens is 413 g/mol. The number of carbonyl (C=O) groups excluding carboxylic acids is 1. The van der Waals surface area contributed by atoms with Crippen molar-refractivity contribution in [1.29, 1.82) is 0 Å². The van der Waals surface area contributed by atoms with Gasteiger partial charge in [-0.05, 0) is 50.2 Å². The van der Waals surface area contributed by atoms with Gasteiger partial charge >= 0.3 is 5.97 Å². The Morgan fingerprint density at radius 3 is 2.30 bits per heavy atom. The van der Waals surface area contributed by atoms with Gasteiger partial charge in [0, 0.05) is 6.54 Å². The van der Waals surface area contributed by atoms with E-state index in [9.17, 15) is 13.2 Å². The van der Waals surface area contributed by atoms with Crippen molar-refractivity contribution in [2.24, 2.45) is 0 Å². The Balaban J connectivity index is 2.44. The molecule has 2 aromatic carbocycles. The van der Waals surface area contributed by atoms with E-state index < -0.39 is 16.0 Å². The second-order valence-electron chi connectivity index (χ2n) is 5.35. The zero-order valence-electron chi connectivity index (χ0n) is 15.0. The van der Waals surface area contributed by atoms with Crippen LogP contribution in [0, 0.1) is 0 Å². The maximum absolute atomic E-state index is 13.0. The first-order chi connectivity index (χ1) is 12.8. The average Bonchev–Trinajstić information content (AvgIpc) is 2.62. The highest BCUT2D eigenvalue weighted by Gasteiger charge is 2.25. The number of carbonyl (C=O) groups is 1. The van der Waals surface area contributed by atoms with E-state index in [2.05, 4.69) is 0 Å². The highest BCUT2D eigenvalue weighted by Crippen LogP contribution is 2.32. The monoisotopic (exact) mass is 431 g/mol. The van der Waals surface area contributed by atoms with Crippen LogP contribution in [0.3, 0.4) is 0 Å². The van der Waals surface area contributed by atoms with Crippen molar-refractivity contribution in [1.82, 2.24) is 0 Å². The minimum absolute atomic E-state index is 0.0146. The first-order valence-corrected chi connectivity index (χ1v) is 10.3. The number of nitrogens with zero attached hydrogens (tertiary/aromatic N) is 1.